The van der Waals surface area contributed by atoms with Gasteiger partial charge in [0, 0.05) is 66.9 Å². The molecule has 0 aliphatic carbocycles. The summed E-state index contributed by atoms with van der Waals surface area (Å²) in [6.07, 6.45) is 50.8. The molecule has 1 unspecified atom stereocenters. The third-order valence-corrected chi connectivity index (χ3v) is 18.5. The maximum atomic E-state index is 13.0. The Morgan fingerprint density at radius 2 is 1.09 bits per heavy atom. The molecule has 2 aliphatic rings. The normalized spacial score (nSPS) is 15.7. The highest BCUT2D eigenvalue weighted by Crippen LogP contribution is 2.48. The molecule has 0 aromatic heterocycles. The van der Waals surface area contributed by atoms with Crippen molar-refractivity contribution in [1.29, 1.82) is 0 Å². The highest BCUT2D eigenvalue weighted by molar-refractivity contribution is 7.47. The van der Waals surface area contributed by atoms with Gasteiger partial charge in [-0.3, -0.25) is 23.4 Å². The Morgan fingerprint density at radius 1 is 0.565 bits per heavy atom. The molecule has 4 rings (SSSR count). The van der Waals surface area contributed by atoms with Crippen molar-refractivity contribution >= 4 is 48.8 Å². The van der Waals surface area contributed by atoms with Gasteiger partial charge < -0.3 is 34.6 Å². The van der Waals surface area contributed by atoms with Crippen molar-refractivity contribution in [2.45, 2.75) is 264 Å². The predicted octanol–water partition coefficient (Wildman–Crippen LogP) is 18.6. The fourth-order valence-corrected chi connectivity index (χ4v) is 12.8. The van der Waals surface area contributed by atoms with E-state index in [1.165, 1.54) is 111 Å². The molecule has 0 spiro atoms. The number of hydrogen-bond acceptors (Lipinski definition) is 11. The molecule has 0 bridgehead atoms. The number of rotatable bonds is 52. The summed E-state index contributed by atoms with van der Waals surface area (Å²) in [5.74, 6) is -1.09. The molecule has 92 heavy (non-hydrogen) atoms. The van der Waals surface area contributed by atoms with E-state index in [1.54, 1.807) is 0 Å². The lowest BCUT2D eigenvalue weighted by Crippen LogP contribution is -2.32. The van der Waals surface area contributed by atoms with E-state index >= 15 is 0 Å². The molecule has 3 N–H and O–H groups in total. The molecular formula is C76H120N4O11P+. The Kier molecular flexibility index (Phi) is 39.8. The van der Waals surface area contributed by atoms with Gasteiger partial charge in [0.25, 0.3) is 0 Å². The fraction of sp³-hybridized carbons (Fsp3) is 0.645. The summed E-state index contributed by atoms with van der Waals surface area (Å²) < 4.78 is 41.7. The Hall–Kier alpha value is -5.60. The Balaban J connectivity index is 1.10. The number of ether oxygens (including phenoxy) is 3. The van der Waals surface area contributed by atoms with Crippen LogP contribution in [0.1, 0.15) is 258 Å². The van der Waals surface area contributed by atoms with Crippen LogP contribution in [0.4, 0.5) is 16.2 Å². The lowest BCUT2D eigenvalue weighted by atomic mass is 9.81. The lowest BCUT2D eigenvalue weighted by molar-refractivity contribution is -0.401. The number of para-hydroxylation sites is 2. The topological polar surface area (TPSA) is 182 Å². The molecular weight excluding hydrogens is 1180 g/mol. The number of carbonyl (C=O) groups excluding carboxylic acids is 4. The molecule has 2 aromatic carbocycles. The van der Waals surface area contributed by atoms with E-state index in [0.717, 1.165) is 96.4 Å². The number of allylic oxidation sites excluding steroid dienone is 10. The summed E-state index contributed by atoms with van der Waals surface area (Å²) >= 11 is 0. The summed E-state index contributed by atoms with van der Waals surface area (Å²) in [4.78, 5) is 63.7. The molecule has 0 fully saturated rings. The number of anilines is 1. The smallest absolute Gasteiger partial charge is 0.462 e. The number of carbonyl (C=O) groups is 4. The van der Waals surface area contributed by atoms with Gasteiger partial charge in [-0.1, -0.05) is 216 Å². The number of alkyl carbamates (subject to hydrolysis) is 1. The number of benzene rings is 2. The second kappa shape index (κ2) is 46.5. The van der Waals surface area contributed by atoms with Crippen LogP contribution in [0.15, 0.2) is 109 Å². The molecule has 2 amide bonds. The summed E-state index contributed by atoms with van der Waals surface area (Å²) in [6.45, 7) is 13.0. The molecule has 0 saturated heterocycles. The first-order chi connectivity index (χ1) is 44.5. The van der Waals surface area contributed by atoms with Crippen LogP contribution >= 0.6 is 7.82 Å². The standard InChI is InChI=1S/C76H119N4O11P/c1-8-10-12-14-16-18-20-22-24-26-28-30-32-34-41-55-72(82)88-62-64(91-73(83)56-42-35-33-31-29-27-25-23-21-19-17-15-13-11-9-2)63-90-92(85,86)89-61-58-78-74(84)87-60-57-77-71(81)54-40-37-47-59-80-68-51-46-44-49-66(68)76(5,6)70(80)53-39-36-38-52-69-75(3,4)65-48-43-45-50-67(65)79(69)7/h22-25,36,38-39,43-46,48-53,64H,8-21,26-35,37,40-42,47,54-63H2,1-7H3,(H2-,77,78,81,84,85,86)/p+1/b24-22-,25-23-/t64-/m1/s1. The van der Waals surface area contributed by atoms with Crippen LogP contribution in [0.3, 0.4) is 0 Å². The summed E-state index contributed by atoms with van der Waals surface area (Å²) in [5, 5.41) is 5.26. The zero-order chi connectivity index (χ0) is 66.6. The van der Waals surface area contributed by atoms with E-state index in [1.807, 2.05) is 0 Å². The predicted molar refractivity (Wildman–Crippen MR) is 376 cm³/mol. The first kappa shape index (κ1) is 78.8. The van der Waals surface area contributed by atoms with Crippen LogP contribution in [0, 0.1) is 0 Å². The minimum absolute atomic E-state index is 0.0777. The molecule has 16 heteroatoms. The maximum absolute atomic E-state index is 13.0. The average Bonchev–Trinajstić information content (AvgIpc) is 1.62. The van der Waals surface area contributed by atoms with E-state index in [2.05, 4.69) is 172 Å². The molecule has 15 nitrogen and oxygen atoms in total. The van der Waals surface area contributed by atoms with Crippen LogP contribution < -0.4 is 15.5 Å². The van der Waals surface area contributed by atoms with Crippen molar-refractivity contribution in [3.8, 4) is 0 Å². The van der Waals surface area contributed by atoms with E-state index in [9.17, 15) is 28.6 Å². The summed E-state index contributed by atoms with van der Waals surface area (Å²) in [7, 11) is -2.56. The highest BCUT2D eigenvalue weighted by atomic mass is 31.2. The second-order valence-electron chi connectivity index (χ2n) is 26.0. The largest absolute Gasteiger partial charge is 0.472 e. The van der Waals surface area contributed by atoms with Crippen LogP contribution in [-0.4, -0.2) is 98.3 Å². The number of hydrogen-bond donors (Lipinski definition) is 3. The van der Waals surface area contributed by atoms with Crippen LogP contribution in [-0.2, 0) is 53.0 Å². The fourth-order valence-electron chi connectivity index (χ4n) is 12.1. The molecule has 2 heterocycles. The van der Waals surface area contributed by atoms with Crippen molar-refractivity contribution in [3.05, 3.63) is 120 Å². The van der Waals surface area contributed by atoms with Gasteiger partial charge in [-0.25, -0.2) is 9.36 Å². The third-order valence-electron chi connectivity index (χ3n) is 17.5. The van der Waals surface area contributed by atoms with Gasteiger partial charge >= 0.3 is 25.9 Å². The average molecular weight is 1300 g/mol. The minimum atomic E-state index is -4.69. The summed E-state index contributed by atoms with van der Waals surface area (Å²) in [5.41, 5.74) is 7.29. The molecule has 2 atom stereocenters. The number of nitrogens with one attached hydrogen (secondary N) is 2. The van der Waals surface area contributed by atoms with E-state index in [0.29, 0.717) is 25.7 Å². The maximum Gasteiger partial charge on any atom is 0.472 e. The quantitative estimate of drug-likeness (QED) is 0.0109. The zero-order valence-corrected chi connectivity index (χ0v) is 58.7. The summed E-state index contributed by atoms with van der Waals surface area (Å²) in [6, 6.07) is 17.2. The van der Waals surface area contributed by atoms with E-state index in [4.69, 9.17) is 23.3 Å². The number of amides is 2. The SMILES string of the molecule is CCCCCCCC/C=C\CCCCCCCC(=O)OC[C@H](COP(=O)(O)OCCNC(=O)OCCNC(=O)CCCCCN1/C(=C/C=C/C=C/C2=[N+](C)c3ccccc3C2(C)C)C(C)(C)c2ccccc21)OC(=O)CCCCCCC/C=C\CCCCCCCC. The van der Waals surface area contributed by atoms with E-state index in [-0.39, 0.29) is 55.9 Å². The second-order valence-corrected chi connectivity index (χ2v) is 27.4. The van der Waals surface area contributed by atoms with Gasteiger partial charge in [-0.2, -0.15) is 4.58 Å². The Bertz CT molecular complexity index is 2690. The Labute approximate surface area is 555 Å². The molecule has 2 aliphatic heterocycles. The van der Waals surface area contributed by atoms with Gasteiger partial charge in [-0.15, -0.1) is 0 Å². The van der Waals surface area contributed by atoms with Crippen LogP contribution in [0.5, 0.6) is 0 Å². The van der Waals surface area contributed by atoms with Gasteiger partial charge in [0.2, 0.25) is 11.6 Å². The van der Waals surface area contributed by atoms with E-state index < -0.39 is 45.2 Å². The highest BCUT2D eigenvalue weighted by Gasteiger charge is 2.43. The lowest BCUT2D eigenvalue weighted by Gasteiger charge is -2.27. The van der Waals surface area contributed by atoms with Crippen molar-refractivity contribution in [2.24, 2.45) is 0 Å². The van der Waals surface area contributed by atoms with Gasteiger partial charge in [-0.05, 0) is 109 Å². The number of phosphoric ester groups is 1. The molecule has 0 radical (unpaired) electrons. The molecule has 0 saturated carbocycles. The number of nitrogens with zero attached hydrogens (tertiary/aromatic N) is 2. The molecule has 514 valence electrons. The van der Waals surface area contributed by atoms with Gasteiger partial charge in [0.15, 0.2) is 11.8 Å². The number of fused-ring (bicyclic) bond motifs is 2. The molecule has 2 aromatic rings. The van der Waals surface area contributed by atoms with Crippen molar-refractivity contribution in [2.75, 3.05) is 58.0 Å². The van der Waals surface area contributed by atoms with Crippen molar-refractivity contribution in [1.82, 2.24) is 10.6 Å². The third kappa shape index (κ3) is 31.6. The number of phosphoric acid groups is 1. The zero-order valence-electron chi connectivity index (χ0n) is 57.8. The van der Waals surface area contributed by atoms with Gasteiger partial charge in [0.05, 0.1) is 25.2 Å². The van der Waals surface area contributed by atoms with Crippen LogP contribution in [0.2, 0.25) is 0 Å². The monoisotopic (exact) mass is 1300 g/mol. The number of esters is 2. The van der Waals surface area contributed by atoms with Crippen LogP contribution in [0.25, 0.3) is 0 Å². The van der Waals surface area contributed by atoms with Gasteiger partial charge in [0.1, 0.15) is 20.3 Å². The van der Waals surface area contributed by atoms with Crippen molar-refractivity contribution in [3.63, 3.8) is 0 Å². The minimum Gasteiger partial charge on any atom is -0.462 e. The van der Waals surface area contributed by atoms with Crippen molar-refractivity contribution < 1.29 is 56.5 Å². The first-order valence-electron chi connectivity index (χ1n) is 35.6. The number of unbranched alkanes of at least 4 members (excludes halogenated alkanes) is 24. The Morgan fingerprint density at radius 3 is 1.70 bits per heavy atom. The first-order valence-corrected chi connectivity index (χ1v) is 37.1.